The Hall–Kier alpha value is -4.18. The molecule has 3 aromatic rings. The molecule has 41 heavy (non-hydrogen) atoms. The molecular formula is C31H31F2N5O3. The van der Waals surface area contributed by atoms with Crippen LogP contribution in [0.2, 0.25) is 0 Å². The third-order valence-electron chi connectivity index (χ3n) is 8.24. The van der Waals surface area contributed by atoms with Crippen LogP contribution in [0.15, 0.2) is 54.7 Å². The third kappa shape index (κ3) is 5.69. The quantitative estimate of drug-likeness (QED) is 0.428. The molecule has 2 fully saturated rings. The lowest BCUT2D eigenvalue weighted by atomic mass is 9.96. The van der Waals surface area contributed by atoms with Crippen molar-refractivity contribution >= 4 is 23.5 Å². The predicted molar refractivity (Wildman–Crippen MR) is 149 cm³/mol. The normalized spacial score (nSPS) is 19.5. The lowest BCUT2D eigenvalue weighted by Crippen LogP contribution is -2.52. The lowest BCUT2D eigenvalue weighted by Gasteiger charge is -2.33. The van der Waals surface area contributed by atoms with Crippen LogP contribution in [0.1, 0.15) is 47.2 Å². The molecule has 0 bridgehead atoms. The monoisotopic (exact) mass is 559 g/mol. The Kier molecular flexibility index (Phi) is 7.49. The van der Waals surface area contributed by atoms with E-state index in [4.69, 9.17) is 0 Å². The number of rotatable bonds is 7. The highest BCUT2D eigenvalue weighted by molar-refractivity contribution is 6.05. The van der Waals surface area contributed by atoms with Crippen molar-refractivity contribution in [3.63, 3.8) is 0 Å². The second-order valence-corrected chi connectivity index (χ2v) is 11.0. The van der Waals surface area contributed by atoms with Gasteiger partial charge in [-0.1, -0.05) is 24.3 Å². The molecule has 1 aromatic heterocycles. The number of pyridine rings is 1. The lowest BCUT2D eigenvalue weighted by molar-refractivity contribution is -0.136. The molecule has 10 heteroatoms. The molecule has 3 aliphatic heterocycles. The minimum atomic E-state index is -0.616. The summed E-state index contributed by atoms with van der Waals surface area (Å²) in [6.45, 7) is 3.23. The Balaban J connectivity index is 0.989. The Morgan fingerprint density at radius 1 is 0.976 bits per heavy atom. The topological polar surface area (TPSA) is 94.6 Å². The molecule has 0 saturated carbocycles. The van der Waals surface area contributed by atoms with Crippen molar-refractivity contribution in [2.45, 2.75) is 44.8 Å². The maximum absolute atomic E-state index is 14.9. The zero-order valence-corrected chi connectivity index (χ0v) is 22.5. The van der Waals surface area contributed by atoms with Gasteiger partial charge in [0.15, 0.2) is 11.6 Å². The van der Waals surface area contributed by atoms with E-state index in [0.29, 0.717) is 61.0 Å². The number of fused-ring (bicyclic) bond motifs is 1. The zero-order chi connectivity index (χ0) is 28.5. The summed E-state index contributed by atoms with van der Waals surface area (Å²) in [5, 5.41) is 5.85. The molecule has 212 valence electrons. The number of carbonyl (C=O) groups is 3. The molecule has 4 heterocycles. The Bertz CT molecular complexity index is 1500. The number of hydrogen-bond acceptors (Lipinski definition) is 6. The molecule has 2 aromatic carbocycles. The molecule has 0 radical (unpaired) electrons. The fourth-order valence-corrected chi connectivity index (χ4v) is 6.00. The highest BCUT2D eigenvalue weighted by Gasteiger charge is 2.39. The van der Waals surface area contributed by atoms with Crippen LogP contribution in [0.25, 0.3) is 11.1 Å². The summed E-state index contributed by atoms with van der Waals surface area (Å²) in [5.41, 5.74) is 3.70. The summed E-state index contributed by atoms with van der Waals surface area (Å²) >= 11 is 0. The summed E-state index contributed by atoms with van der Waals surface area (Å²) in [6.07, 6.45) is 3.98. The molecule has 0 aliphatic carbocycles. The summed E-state index contributed by atoms with van der Waals surface area (Å²) in [7, 11) is 0. The summed E-state index contributed by atoms with van der Waals surface area (Å²) in [4.78, 5) is 44.5. The number of anilines is 1. The van der Waals surface area contributed by atoms with Gasteiger partial charge in [-0.15, -0.1) is 0 Å². The number of nitrogens with zero attached hydrogens (tertiary/aromatic N) is 3. The molecule has 0 spiro atoms. The highest BCUT2D eigenvalue weighted by Crippen LogP contribution is 2.29. The van der Waals surface area contributed by atoms with E-state index in [9.17, 15) is 23.2 Å². The van der Waals surface area contributed by atoms with Crippen LogP contribution in [0.3, 0.4) is 0 Å². The smallest absolute Gasteiger partial charge is 0.255 e. The second kappa shape index (κ2) is 11.4. The van der Waals surface area contributed by atoms with E-state index in [1.165, 1.54) is 18.2 Å². The van der Waals surface area contributed by atoms with E-state index in [1.54, 1.807) is 23.2 Å². The molecule has 2 saturated heterocycles. The van der Waals surface area contributed by atoms with Gasteiger partial charge in [0, 0.05) is 49.9 Å². The molecule has 1 atom stereocenters. The van der Waals surface area contributed by atoms with Gasteiger partial charge in [-0.05, 0) is 72.7 Å². The molecule has 3 amide bonds. The first kappa shape index (κ1) is 27.0. The van der Waals surface area contributed by atoms with Gasteiger partial charge >= 0.3 is 0 Å². The van der Waals surface area contributed by atoms with Crippen LogP contribution in [0.4, 0.5) is 14.6 Å². The maximum Gasteiger partial charge on any atom is 0.255 e. The van der Waals surface area contributed by atoms with Crippen molar-refractivity contribution in [3.8, 4) is 11.1 Å². The molecule has 6 rings (SSSR count). The summed E-state index contributed by atoms with van der Waals surface area (Å²) < 4.78 is 28.5. The van der Waals surface area contributed by atoms with E-state index in [1.807, 2.05) is 23.1 Å². The number of aromatic nitrogens is 1. The predicted octanol–water partition coefficient (Wildman–Crippen LogP) is 3.79. The van der Waals surface area contributed by atoms with Crippen molar-refractivity contribution < 1.29 is 23.2 Å². The Morgan fingerprint density at radius 3 is 2.56 bits per heavy atom. The van der Waals surface area contributed by atoms with Crippen molar-refractivity contribution in [1.82, 2.24) is 20.5 Å². The number of piperidine rings is 2. The van der Waals surface area contributed by atoms with Crippen molar-refractivity contribution in [3.05, 3.63) is 83.1 Å². The minimum Gasteiger partial charge on any atom is -0.354 e. The van der Waals surface area contributed by atoms with Crippen molar-refractivity contribution in [1.29, 1.82) is 0 Å². The maximum atomic E-state index is 14.9. The first-order chi connectivity index (χ1) is 19.9. The van der Waals surface area contributed by atoms with Crippen LogP contribution in [0, 0.1) is 17.6 Å². The van der Waals surface area contributed by atoms with Crippen molar-refractivity contribution in [2.24, 2.45) is 5.92 Å². The SMILES string of the molecule is O=C1CC[C@@H](N2Cc3cc(CNCC4CCN(c5ncc(-c6cccc(F)c6)cc5F)CC4)ccc3C2=O)C(=O)N1. The number of carbonyl (C=O) groups excluding carboxylic acids is 3. The van der Waals surface area contributed by atoms with Gasteiger partial charge in [0.05, 0.1) is 0 Å². The Labute approximate surface area is 236 Å². The summed E-state index contributed by atoms with van der Waals surface area (Å²) in [6, 6.07) is 12.6. The van der Waals surface area contributed by atoms with Crippen molar-refractivity contribution in [2.75, 3.05) is 24.5 Å². The van der Waals surface area contributed by atoms with Crippen LogP contribution in [0.5, 0.6) is 0 Å². The number of amides is 3. The van der Waals surface area contributed by atoms with Gasteiger partial charge in [0.1, 0.15) is 11.9 Å². The molecule has 0 unspecified atom stereocenters. The minimum absolute atomic E-state index is 0.171. The first-order valence-electron chi connectivity index (χ1n) is 14.0. The van der Waals surface area contributed by atoms with Crippen LogP contribution >= 0.6 is 0 Å². The average molecular weight is 560 g/mol. The van der Waals surface area contributed by atoms with Gasteiger partial charge in [-0.25, -0.2) is 13.8 Å². The first-order valence-corrected chi connectivity index (χ1v) is 14.0. The molecule has 3 aliphatic rings. The van der Waals surface area contributed by atoms with E-state index in [0.717, 1.165) is 30.5 Å². The molecule has 8 nitrogen and oxygen atoms in total. The van der Waals surface area contributed by atoms with Crippen LogP contribution in [-0.2, 0) is 22.7 Å². The van der Waals surface area contributed by atoms with Crippen LogP contribution in [-0.4, -0.2) is 53.3 Å². The van der Waals surface area contributed by atoms with Gasteiger partial charge < -0.3 is 15.1 Å². The highest BCUT2D eigenvalue weighted by atomic mass is 19.1. The molecular weight excluding hydrogens is 528 g/mol. The zero-order valence-electron chi connectivity index (χ0n) is 22.5. The fourth-order valence-electron chi connectivity index (χ4n) is 6.00. The van der Waals surface area contributed by atoms with E-state index >= 15 is 0 Å². The average Bonchev–Trinajstić information content (AvgIpc) is 3.28. The van der Waals surface area contributed by atoms with Gasteiger partial charge in [-0.2, -0.15) is 0 Å². The third-order valence-corrected chi connectivity index (χ3v) is 8.24. The van der Waals surface area contributed by atoms with Gasteiger partial charge in [-0.3, -0.25) is 19.7 Å². The van der Waals surface area contributed by atoms with E-state index < -0.39 is 17.8 Å². The number of nitrogens with one attached hydrogen (secondary N) is 2. The van der Waals surface area contributed by atoms with Gasteiger partial charge in [0.2, 0.25) is 11.8 Å². The van der Waals surface area contributed by atoms with Crippen LogP contribution < -0.4 is 15.5 Å². The molecule has 2 N–H and O–H groups in total. The second-order valence-electron chi connectivity index (χ2n) is 11.0. The number of imide groups is 1. The number of benzene rings is 2. The fraction of sp³-hybridized carbons (Fsp3) is 0.355. The summed E-state index contributed by atoms with van der Waals surface area (Å²) in [5.74, 6) is -0.880. The van der Waals surface area contributed by atoms with E-state index in [-0.39, 0.29) is 24.1 Å². The van der Waals surface area contributed by atoms with Gasteiger partial charge in [0.25, 0.3) is 5.91 Å². The number of halogens is 2. The standard InChI is InChI=1S/C31H31F2N5O3/c32-24-3-1-2-21(13-24)22-14-26(33)29(35-17-22)37-10-8-19(9-11-37)15-34-16-20-4-5-25-23(12-20)18-38(31(25)41)27-6-7-28(39)36-30(27)40/h1-5,12-14,17,19,27,34H,6-11,15-16,18H2,(H,36,39,40)/t27-/m1/s1. The van der Waals surface area contributed by atoms with E-state index in [2.05, 4.69) is 15.6 Å². The Morgan fingerprint density at radius 2 is 1.80 bits per heavy atom. The largest absolute Gasteiger partial charge is 0.354 e. The number of hydrogen-bond donors (Lipinski definition) is 2.